The van der Waals surface area contributed by atoms with Crippen molar-refractivity contribution in [2.24, 2.45) is 0 Å². The molecule has 0 radical (unpaired) electrons. The van der Waals surface area contributed by atoms with E-state index in [1.54, 1.807) is 55.4 Å². The van der Waals surface area contributed by atoms with Gasteiger partial charge in [-0.15, -0.1) is 0 Å². The summed E-state index contributed by atoms with van der Waals surface area (Å²) in [5.74, 6) is -2.56. The van der Waals surface area contributed by atoms with Gasteiger partial charge < -0.3 is 44.9 Å². The molecule has 3 heterocycles. The third-order valence-electron chi connectivity index (χ3n) is 12.4. The van der Waals surface area contributed by atoms with Gasteiger partial charge in [-0.3, -0.25) is 9.59 Å². The molecule has 2 amide bonds. The van der Waals surface area contributed by atoms with E-state index in [9.17, 15) is 65.1 Å². The van der Waals surface area contributed by atoms with Crippen molar-refractivity contribution in [3.63, 3.8) is 0 Å². The zero-order valence-electron chi connectivity index (χ0n) is 38.7. The van der Waals surface area contributed by atoms with E-state index in [2.05, 4.69) is 9.97 Å². The first-order valence-electron chi connectivity index (χ1n) is 21.8. The molecule has 2 atom stereocenters. The van der Waals surface area contributed by atoms with Crippen molar-refractivity contribution in [1.29, 1.82) is 0 Å². The molecule has 0 aliphatic carbocycles. The van der Waals surface area contributed by atoms with Crippen LogP contribution in [0.5, 0.6) is 11.5 Å². The molecule has 2 unspecified atom stereocenters. The lowest BCUT2D eigenvalue weighted by Crippen LogP contribution is -2.50. The predicted molar refractivity (Wildman–Crippen MR) is 242 cm³/mol. The van der Waals surface area contributed by atoms with Crippen LogP contribution in [-0.4, -0.2) is 116 Å². The number of morpholine rings is 1. The molecule has 0 saturated carbocycles. The number of phenols is 2. The Morgan fingerprint density at radius 2 is 1.03 bits per heavy atom. The van der Waals surface area contributed by atoms with E-state index in [0.717, 1.165) is 36.4 Å². The Kier molecular flexibility index (Phi) is 14.6. The highest BCUT2D eigenvalue weighted by Crippen LogP contribution is 2.47. The van der Waals surface area contributed by atoms with Crippen molar-refractivity contribution in [2.45, 2.75) is 87.8 Å². The Bertz CT molecular complexity index is 2830. The molecule has 69 heavy (non-hydrogen) atoms. The van der Waals surface area contributed by atoms with Crippen LogP contribution >= 0.6 is 0 Å². The molecule has 6 aromatic rings. The summed E-state index contributed by atoms with van der Waals surface area (Å²) >= 11 is 0. The zero-order valence-corrected chi connectivity index (χ0v) is 38.7. The molecule has 1 aliphatic heterocycles. The molecule has 4 aromatic carbocycles. The molecule has 1 aliphatic rings. The zero-order chi connectivity index (χ0) is 51.1. The second kappa shape index (κ2) is 19.3. The number of nitrogens with zero attached hydrogens (tertiary/aromatic N) is 2. The molecule has 372 valence electrons. The van der Waals surface area contributed by atoms with Crippen LogP contribution in [0.25, 0.3) is 21.8 Å². The number of fused-ring (bicyclic) bond motifs is 2. The number of carbonyl (C=O) groups is 2. The van der Waals surface area contributed by atoms with E-state index in [-0.39, 0.29) is 45.8 Å². The fraction of sp³-hybridized carbons (Fsp3) is 0.400. The lowest BCUT2D eigenvalue weighted by Gasteiger charge is -2.38. The highest BCUT2D eigenvalue weighted by atomic mass is 19.4. The van der Waals surface area contributed by atoms with Crippen LogP contribution in [0, 0.1) is 11.6 Å². The summed E-state index contributed by atoms with van der Waals surface area (Å²) in [6.07, 6.45) is -13.2. The number of ether oxygens (including phenoxy) is 1. The maximum absolute atomic E-state index is 14.2. The smallest absolute Gasteiger partial charge is 0.417 e. The number of aromatic amines is 2. The molecule has 0 bridgehead atoms. The monoisotopic (exact) mass is 974 g/mol. The summed E-state index contributed by atoms with van der Waals surface area (Å²) < 4.78 is 118. The largest absolute Gasteiger partial charge is 0.508 e. The Morgan fingerprint density at radius 3 is 1.43 bits per heavy atom. The van der Waals surface area contributed by atoms with Crippen molar-refractivity contribution in [3.8, 4) is 11.5 Å². The molecular weight excluding hydrogens is 921 g/mol. The molecule has 7 rings (SSSR count). The third-order valence-corrected chi connectivity index (χ3v) is 12.4. The summed E-state index contributed by atoms with van der Waals surface area (Å²) in [6, 6.07) is 18.7. The van der Waals surface area contributed by atoms with Gasteiger partial charge in [0.05, 0.1) is 13.2 Å². The average molecular weight is 975 g/mol. The van der Waals surface area contributed by atoms with Gasteiger partial charge in [0.25, 0.3) is 11.8 Å². The van der Waals surface area contributed by atoms with Gasteiger partial charge in [-0.2, -0.15) is 26.3 Å². The van der Waals surface area contributed by atoms with Crippen LogP contribution in [0.15, 0.2) is 84.9 Å². The number of aromatic hydroxyl groups is 2. The minimum Gasteiger partial charge on any atom is -0.508 e. The van der Waals surface area contributed by atoms with E-state index < -0.39 is 71.7 Å². The first-order valence-corrected chi connectivity index (χ1v) is 21.8. The number of hydrogen-bond acceptors (Lipinski definition) is 7. The van der Waals surface area contributed by atoms with Crippen LogP contribution in [0.3, 0.4) is 0 Å². The average Bonchev–Trinajstić information content (AvgIpc) is 3.85. The van der Waals surface area contributed by atoms with Crippen LogP contribution in [-0.2, 0) is 28.4 Å². The van der Waals surface area contributed by atoms with Crippen LogP contribution in [0.4, 0.5) is 35.1 Å². The van der Waals surface area contributed by atoms with E-state index in [0.29, 0.717) is 59.2 Å². The highest BCUT2D eigenvalue weighted by Gasteiger charge is 2.57. The number of H-pyrrole nitrogens is 2. The van der Waals surface area contributed by atoms with Crippen molar-refractivity contribution < 1.29 is 69.9 Å². The second-order valence-electron chi connectivity index (χ2n) is 19.2. The summed E-state index contributed by atoms with van der Waals surface area (Å²) in [7, 11) is 3.18. The lowest BCUT2D eigenvalue weighted by atomic mass is 9.73. The van der Waals surface area contributed by atoms with Gasteiger partial charge in [0.15, 0.2) is 11.2 Å². The predicted octanol–water partition coefficient (Wildman–Crippen LogP) is 9.61. The Hall–Kier alpha value is -6.18. The molecule has 1 saturated heterocycles. The van der Waals surface area contributed by atoms with Crippen molar-refractivity contribution in [3.05, 3.63) is 130 Å². The Balaban J connectivity index is 0.000000228. The van der Waals surface area contributed by atoms with E-state index in [1.165, 1.54) is 44.7 Å². The summed E-state index contributed by atoms with van der Waals surface area (Å²) in [5, 5.41) is 43.1. The standard InChI is InChI=1S/C26H28F4N2O4.C24H26F4N2O3/c1-24(2,20-13-18(27)5-6-22(20)33)15-25(35,26(28,29)30)14-19-11-16-3-4-17(12-21(16)31-19)23(34)32-7-9-36-10-8-32;1-22(2,18-11-16(25)7-8-20(18)31)13-23(33,24(26,27)28)12-17-9-14-5-6-15(10-19(14)29-17)21(32)30(3)4/h3-6,11-13,31,33,35H,7-10,14-15H2,1-2H3;5-11,29,31,33H,12-13H2,1-4H3. The third kappa shape index (κ3) is 11.6. The van der Waals surface area contributed by atoms with Crippen LogP contribution < -0.4 is 0 Å². The summed E-state index contributed by atoms with van der Waals surface area (Å²) in [5.41, 5.74) is -7.30. The van der Waals surface area contributed by atoms with E-state index >= 15 is 0 Å². The molecular formula is C50H54F8N4O7. The van der Waals surface area contributed by atoms with E-state index in [1.807, 2.05) is 0 Å². The normalized spacial score (nSPS) is 15.6. The summed E-state index contributed by atoms with van der Waals surface area (Å²) in [6.45, 7) is 7.44. The number of aliphatic hydroxyl groups is 2. The molecule has 2 aromatic heterocycles. The molecule has 0 spiro atoms. The van der Waals surface area contributed by atoms with Crippen LogP contribution in [0.2, 0.25) is 0 Å². The number of phenolic OH excluding ortho intramolecular Hbond substituents is 2. The number of rotatable bonds is 12. The highest BCUT2D eigenvalue weighted by molar-refractivity contribution is 5.98. The van der Waals surface area contributed by atoms with Gasteiger partial charge in [-0.05, 0) is 107 Å². The van der Waals surface area contributed by atoms with E-state index in [4.69, 9.17) is 4.74 Å². The Labute approximate surface area is 392 Å². The van der Waals surface area contributed by atoms with Gasteiger partial charge >= 0.3 is 12.4 Å². The maximum atomic E-state index is 14.2. The quantitative estimate of drug-likeness (QED) is 0.0666. The van der Waals surface area contributed by atoms with Crippen LogP contribution in [0.1, 0.15) is 83.8 Å². The topological polar surface area (TPSA) is 162 Å². The molecule has 11 nitrogen and oxygen atoms in total. The van der Waals surface area contributed by atoms with Gasteiger partial charge in [-0.25, -0.2) is 8.78 Å². The lowest BCUT2D eigenvalue weighted by molar-refractivity contribution is -0.266. The van der Waals surface area contributed by atoms with Crippen molar-refractivity contribution >= 4 is 33.6 Å². The number of amides is 2. The molecule has 1 fully saturated rings. The SMILES string of the molecule is CC(C)(CC(O)(Cc1cc2ccc(C(=O)N3CCOCC3)cc2[nH]1)C(F)(F)F)c1cc(F)ccc1O.CN(C)C(=O)c1ccc2cc(CC(O)(CC(C)(C)c3cc(F)ccc3O)C(F)(F)F)[nH]c2c1. The summed E-state index contributed by atoms with van der Waals surface area (Å²) in [4.78, 5) is 33.8. The minimum absolute atomic E-state index is 0.0336. The second-order valence-corrected chi connectivity index (χ2v) is 19.2. The number of hydrogen-bond donors (Lipinski definition) is 6. The fourth-order valence-corrected chi connectivity index (χ4v) is 8.95. The first-order chi connectivity index (χ1) is 31.9. The fourth-order valence-electron chi connectivity index (χ4n) is 8.95. The van der Waals surface area contributed by atoms with Gasteiger partial charge in [0.1, 0.15) is 23.1 Å². The number of halogens is 8. The number of nitrogens with one attached hydrogen (secondary N) is 2. The number of benzene rings is 4. The van der Waals surface area contributed by atoms with Gasteiger partial charge in [0, 0.05) is 84.7 Å². The number of alkyl halides is 6. The number of aromatic nitrogens is 2. The molecule has 19 heteroatoms. The number of carbonyl (C=O) groups excluding carboxylic acids is 2. The van der Waals surface area contributed by atoms with Crippen molar-refractivity contribution in [2.75, 3.05) is 40.4 Å². The van der Waals surface area contributed by atoms with Gasteiger partial charge in [0.2, 0.25) is 0 Å². The van der Waals surface area contributed by atoms with Crippen molar-refractivity contribution in [1.82, 2.24) is 19.8 Å². The Morgan fingerprint density at radius 1 is 0.623 bits per heavy atom. The minimum atomic E-state index is -5.01. The molecule has 6 N–H and O–H groups in total. The maximum Gasteiger partial charge on any atom is 0.417 e. The van der Waals surface area contributed by atoms with Gasteiger partial charge in [-0.1, -0.05) is 39.8 Å². The first kappa shape index (κ1) is 52.2.